The second kappa shape index (κ2) is 11.0. The van der Waals surface area contributed by atoms with Gasteiger partial charge in [0.05, 0.1) is 6.54 Å². The SMILES string of the molecule is CCNC(=NCc1ccc(O)cc1)NC1CCN(CC2CCCC2)C1.I. The normalized spacial score (nSPS) is 21.6. The minimum atomic E-state index is 0. The number of phenols is 1. The lowest BCUT2D eigenvalue weighted by molar-refractivity contribution is 0.275. The Morgan fingerprint density at radius 2 is 1.92 bits per heavy atom. The molecule has 2 fully saturated rings. The van der Waals surface area contributed by atoms with Crippen molar-refractivity contribution in [2.75, 3.05) is 26.2 Å². The highest BCUT2D eigenvalue weighted by atomic mass is 127. The third kappa shape index (κ3) is 6.61. The molecule has 3 rings (SSSR count). The lowest BCUT2D eigenvalue weighted by Crippen LogP contribution is -2.44. The van der Waals surface area contributed by atoms with Crippen molar-refractivity contribution in [2.45, 2.75) is 51.6 Å². The molecule has 1 aliphatic heterocycles. The second-order valence-corrected chi connectivity index (χ2v) is 7.40. The topological polar surface area (TPSA) is 59.9 Å². The van der Waals surface area contributed by atoms with Crippen molar-refractivity contribution in [3.63, 3.8) is 0 Å². The van der Waals surface area contributed by atoms with Crippen molar-refractivity contribution in [3.8, 4) is 5.75 Å². The molecule has 0 radical (unpaired) electrons. The number of aliphatic imine (C=N–C) groups is 1. The van der Waals surface area contributed by atoms with E-state index in [1.807, 2.05) is 12.1 Å². The molecule has 1 aromatic rings. The zero-order valence-corrected chi connectivity index (χ0v) is 18.1. The summed E-state index contributed by atoms with van der Waals surface area (Å²) in [5, 5.41) is 16.3. The van der Waals surface area contributed by atoms with Crippen LogP contribution < -0.4 is 10.6 Å². The average molecular weight is 472 g/mol. The Balaban J connectivity index is 0.00000243. The van der Waals surface area contributed by atoms with Gasteiger partial charge in [-0.15, -0.1) is 24.0 Å². The first-order valence-electron chi connectivity index (χ1n) is 9.78. The van der Waals surface area contributed by atoms with Gasteiger partial charge in [-0.2, -0.15) is 0 Å². The molecule has 146 valence electrons. The van der Waals surface area contributed by atoms with E-state index in [9.17, 15) is 5.11 Å². The van der Waals surface area contributed by atoms with E-state index in [4.69, 9.17) is 4.99 Å². The lowest BCUT2D eigenvalue weighted by Gasteiger charge is -2.21. The van der Waals surface area contributed by atoms with Crippen molar-refractivity contribution >= 4 is 29.9 Å². The number of aromatic hydroxyl groups is 1. The van der Waals surface area contributed by atoms with Gasteiger partial charge < -0.3 is 20.6 Å². The Labute approximate surface area is 174 Å². The zero-order valence-electron chi connectivity index (χ0n) is 15.8. The largest absolute Gasteiger partial charge is 0.508 e. The minimum absolute atomic E-state index is 0. The van der Waals surface area contributed by atoms with Crippen LogP contribution in [0.1, 0.15) is 44.6 Å². The fraction of sp³-hybridized carbons (Fsp3) is 0.650. The number of hydrogen-bond acceptors (Lipinski definition) is 3. The summed E-state index contributed by atoms with van der Waals surface area (Å²) in [4.78, 5) is 7.32. The minimum Gasteiger partial charge on any atom is -0.508 e. The first-order valence-corrected chi connectivity index (χ1v) is 9.78. The van der Waals surface area contributed by atoms with E-state index in [-0.39, 0.29) is 24.0 Å². The predicted molar refractivity (Wildman–Crippen MR) is 118 cm³/mol. The maximum absolute atomic E-state index is 9.37. The molecule has 1 aromatic carbocycles. The van der Waals surface area contributed by atoms with E-state index in [0.717, 1.165) is 30.5 Å². The van der Waals surface area contributed by atoms with Gasteiger partial charge in [0.1, 0.15) is 5.75 Å². The van der Waals surface area contributed by atoms with Crippen molar-refractivity contribution in [1.29, 1.82) is 0 Å². The Kier molecular flexibility index (Phi) is 8.98. The van der Waals surface area contributed by atoms with E-state index >= 15 is 0 Å². The van der Waals surface area contributed by atoms with Crippen LogP contribution in [0.25, 0.3) is 0 Å². The highest BCUT2D eigenvalue weighted by Gasteiger charge is 2.26. The molecular weight excluding hydrogens is 439 g/mol. The molecule has 0 amide bonds. The van der Waals surface area contributed by atoms with Gasteiger partial charge in [0, 0.05) is 32.2 Å². The number of nitrogens with zero attached hydrogens (tertiary/aromatic N) is 2. The smallest absolute Gasteiger partial charge is 0.191 e. The summed E-state index contributed by atoms with van der Waals surface area (Å²) in [7, 11) is 0. The van der Waals surface area contributed by atoms with Crippen LogP contribution in [-0.2, 0) is 6.54 Å². The van der Waals surface area contributed by atoms with Crippen molar-refractivity contribution in [2.24, 2.45) is 10.9 Å². The Hall–Kier alpha value is -1.02. The molecule has 1 aliphatic carbocycles. The summed E-state index contributed by atoms with van der Waals surface area (Å²) in [6.45, 7) is 7.18. The molecule has 0 aromatic heterocycles. The zero-order chi connectivity index (χ0) is 17.5. The number of phenolic OH excluding ortho intramolecular Hbond substituents is 1. The Morgan fingerprint density at radius 3 is 2.62 bits per heavy atom. The summed E-state index contributed by atoms with van der Waals surface area (Å²) in [6.07, 6.45) is 6.89. The maximum atomic E-state index is 9.37. The maximum Gasteiger partial charge on any atom is 0.191 e. The molecule has 26 heavy (non-hydrogen) atoms. The van der Waals surface area contributed by atoms with Crippen molar-refractivity contribution in [1.82, 2.24) is 15.5 Å². The van der Waals surface area contributed by atoms with Crippen LogP contribution in [0.4, 0.5) is 0 Å². The summed E-state index contributed by atoms with van der Waals surface area (Å²) in [5.74, 6) is 2.12. The summed E-state index contributed by atoms with van der Waals surface area (Å²) >= 11 is 0. The van der Waals surface area contributed by atoms with Gasteiger partial charge in [-0.05, 0) is 49.8 Å². The molecule has 1 unspecified atom stereocenters. The van der Waals surface area contributed by atoms with Crippen LogP contribution in [0, 0.1) is 5.92 Å². The molecule has 6 heteroatoms. The van der Waals surface area contributed by atoms with Crippen molar-refractivity contribution in [3.05, 3.63) is 29.8 Å². The van der Waals surface area contributed by atoms with Crippen LogP contribution in [0.15, 0.2) is 29.3 Å². The van der Waals surface area contributed by atoms with Gasteiger partial charge in [0.15, 0.2) is 5.96 Å². The van der Waals surface area contributed by atoms with Crippen LogP contribution in [0.3, 0.4) is 0 Å². The number of guanidine groups is 1. The molecule has 0 bridgehead atoms. The van der Waals surface area contributed by atoms with E-state index in [0.29, 0.717) is 18.3 Å². The number of likely N-dealkylation sites (tertiary alicyclic amines) is 1. The van der Waals surface area contributed by atoms with Crippen LogP contribution in [0.5, 0.6) is 5.75 Å². The number of benzene rings is 1. The highest BCUT2D eigenvalue weighted by Crippen LogP contribution is 2.26. The number of rotatable bonds is 6. The van der Waals surface area contributed by atoms with E-state index in [2.05, 4.69) is 22.5 Å². The fourth-order valence-corrected chi connectivity index (χ4v) is 3.96. The average Bonchev–Trinajstić information content (AvgIpc) is 3.27. The van der Waals surface area contributed by atoms with Crippen LogP contribution in [0.2, 0.25) is 0 Å². The van der Waals surface area contributed by atoms with Gasteiger partial charge in [0.25, 0.3) is 0 Å². The Morgan fingerprint density at radius 1 is 1.19 bits per heavy atom. The fourth-order valence-electron chi connectivity index (χ4n) is 3.96. The van der Waals surface area contributed by atoms with E-state index in [1.165, 1.54) is 45.2 Å². The number of halogens is 1. The van der Waals surface area contributed by atoms with Crippen LogP contribution in [-0.4, -0.2) is 48.2 Å². The molecule has 2 aliphatic rings. The molecule has 1 atom stereocenters. The van der Waals surface area contributed by atoms with Crippen LogP contribution >= 0.6 is 24.0 Å². The molecule has 5 nitrogen and oxygen atoms in total. The van der Waals surface area contributed by atoms with E-state index in [1.54, 1.807) is 12.1 Å². The third-order valence-corrected chi connectivity index (χ3v) is 5.30. The summed E-state index contributed by atoms with van der Waals surface area (Å²) in [5.41, 5.74) is 1.10. The molecule has 1 heterocycles. The second-order valence-electron chi connectivity index (χ2n) is 7.40. The van der Waals surface area contributed by atoms with Gasteiger partial charge >= 0.3 is 0 Å². The summed E-state index contributed by atoms with van der Waals surface area (Å²) < 4.78 is 0. The Bertz CT molecular complexity index is 557. The predicted octanol–water partition coefficient (Wildman–Crippen LogP) is 3.33. The van der Waals surface area contributed by atoms with Gasteiger partial charge in [-0.3, -0.25) is 0 Å². The first kappa shape index (κ1) is 21.3. The van der Waals surface area contributed by atoms with E-state index < -0.39 is 0 Å². The molecule has 0 spiro atoms. The van der Waals surface area contributed by atoms with Crippen molar-refractivity contribution < 1.29 is 5.11 Å². The standard InChI is InChI=1S/C20H32N4O.HI/c1-2-21-20(22-13-16-7-9-19(25)10-8-16)23-18-11-12-24(15-18)14-17-5-3-4-6-17;/h7-10,17-18,25H,2-6,11-15H2,1H3,(H2,21,22,23);1H. The first-order chi connectivity index (χ1) is 12.2. The summed E-state index contributed by atoms with van der Waals surface area (Å²) in [6, 6.07) is 7.74. The van der Waals surface area contributed by atoms with Gasteiger partial charge in [0.2, 0.25) is 0 Å². The molecule has 1 saturated carbocycles. The van der Waals surface area contributed by atoms with Gasteiger partial charge in [-0.1, -0.05) is 25.0 Å². The number of hydrogen-bond donors (Lipinski definition) is 3. The molecular formula is C20H33IN4O. The third-order valence-electron chi connectivity index (χ3n) is 5.30. The monoisotopic (exact) mass is 472 g/mol. The quantitative estimate of drug-likeness (QED) is 0.338. The molecule has 1 saturated heterocycles. The molecule has 3 N–H and O–H groups in total. The number of nitrogens with one attached hydrogen (secondary N) is 2. The van der Waals surface area contributed by atoms with Gasteiger partial charge in [-0.25, -0.2) is 4.99 Å². The lowest BCUT2D eigenvalue weighted by atomic mass is 10.1. The highest BCUT2D eigenvalue weighted by molar-refractivity contribution is 14.0.